The van der Waals surface area contributed by atoms with Gasteiger partial charge in [-0.2, -0.15) is 0 Å². The van der Waals surface area contributed by atoms with Crippen LogP contribution in [-0.2, 0) is 24.1 Å². The van der Waals surface area contributed by atoms with Gasteiger partial charge in [0, 0.05) is 31.2 Å². The van der Waals surface area contributed by atoms with E-state index in [1.54, 1.807) is 19.6 Å². The molecular formula is C25H25N4O2+. The van der Waals surface area contributed by atoms with Crippen LogP contribution >= 0.6 is 0 Å². The Labute approximate surface area is 180 Å². The molecule has 4 rings (SSSR count). The number of aromatic nitrogens is 2. The predicted octanol–water partition coefficient (Wildman–Crippen LogP) is 1.98. The fourth-order valence-electron chi connectivity index (χ4n) is 3.75. The largest absolute Gasteiger partial charge is 0.497 e. The number of nitrogens with two attached hydrogens (primary N) is 2. The number of nitrogens with one attached hydrogen (secondary N) is 1. The molecule has 6 heteroatoms. The number of aromatic amines is 1. The first-order chi connectivity index (χ1) is 15.0. The van der Waals surface area contributed by atoms with Crippen LogP contribution < -0.4 is 15.9 Å². The van der Waals surface area contributed by atoms with Crippen molar-refractivity contribution in [3.8, 4) is 5.75 Å². The van der Waals surface area contributed by atoms with E-state index in [9.17, 15) is 4.79 Å². The minimum absolute atomic E-state index is 0.149. The second-order valence-corrected chi connectivity index (χ2v) is 7.69. The number of carbonyl (C=O) groups excluding carboxylic acids is 1. The van der Waals surface area contributed by atoms with Crippen molar-refractivity contribution in [1.29, 1.82) is 0 Å². The molecule has 1 heterocycles. The summed E-state index contributed by atoms with van der Waals surface area (Å²) >= 11 is 0. The predicted molar refractivity (Wildman–Crippen MR) is 121 cm³/mol. The zero-order valence-corrected chi connectivity index (χ0v) is 17.4. The number of ketones is 1. The zero-order chi connectivity index (χ0) is 21.8. The summed E-state index contributed by atoms with van der Waals surface area (Å²) in [5, 5.41) is 7.77. The van der Waals surface area contributed by atoms with Gasteiger partial charge in [0.15, 0.2) is 0 Å². The van der Waals surface area contributed by atoms with Gasteiger partial charge in [0.2, 0.25) is 0 Å². The van der Waals surface area contributed by atoms with E-state index >= 15 is 0 Å². The van der Waals surface area contributed by atoms with Crippen LogP contribution in [0.15, 0.2) is 67.1 Å². The van der Waals surface area contributed by atoms with Gasteiger partial charge in [0.25, 0.3) is 5.84 Å². The second-order valence-electron chi connectivity index (χ2n) is 7.69. The van der Waals surface area contributed by atoms with E-state index in [1.165, 1.54) is 0 Å². The molecule has 31 heavy (non-hydrogen) atoms. The Hall–Kier alpha value is -3.93. The minimum atomic E-state index is 0.149. The molecule has 1 aromatic heterocycles. The smallest absolute Gasteiger partial charge is 0.270 e. The lowest BCUT2D eigenvalue weighted by molar-refractivity contribution is -0.118. The van der Waals surface area contributed by atoms with Gasteiger partial charge in [-0.15, -0.1) is 0 Å². The molecule has 3 aromatic carbocycles. The Morgan fingerprint density at radius 3 is 2.48 bits per heavy atom. The van der Waals surface area contributed by atoms with E-state index in [4.69, 9.17) is 15.9 Å². The van der Waals surface area contributed by atoms with Crippen LogP contribution in [0.2, 0.25) is 0 Å². The summed E-state index contributed by atoms with van der Waals surface area (Å²) in [5.41, 5.74) is 10.5. The third-order valence-corrected chi connectivity index (χ3v) is 5.25. The average molecular weight is 414 g/mol. The van der Waals surface area contributed by atoms with Gasteiger partial charge in [-0.25, -0.2) is 4.98 Å². The van der Waals surface area contributed by atoms with Gasteiger partial charge in [0.05, 0.1) is 19.0 Å². The minimum Gasteiger partial charge on any atom is -0.497 e. The molecule has 0 aliphatic rings. The molecule has 0 saturated carbocycles. The van der Waals surface area contributed by atoms with Crippen molar-refractivity contribution in [2.75, 3.05) is 7.11 Å². The number of amidine groups is 1. The molecule has 0 radical (unpaired) electrons. The quantitative estimate of drug-likeness (QED) is 0.303. The van der Waals surface area contributed by atoms with Crippen molar-refractivity contribution in [3.05, 3.63) is 95.1 Å². The van der Waals surface area contributed by atoms with Gasteiger partial charge in [-0.05, 0) is 51.7 Å². The van der Waals surface area contributed by atoms with E-state index in [0.29, 0.717) is 25.1 Å². The highest BCUT2D eigenvalue weighted by atomic mass is 16.5. The maximum absolute atomic E-state index is 12.8. The summed E-state index contributed by atoms with van der Waals surface area (Å²) in [4.78, 5) is 20.0. The van der Waals surface area contributed by atoms with E-state index in [1.807, 2.05) is 48.5 Å². The van der Waals surface area contributed by atoms with Crippen molar-refractivity contribution >= 4 is 22.4 Å². The maximum atomic E-state index is 12.8. The lowest BCUT2D eigenvalue weighted by atomic mass is 9.97. The standard InChI is InChI=1S/C25H24N4O2/c1-31-24-11-17(8-22-14-28-15-29-22)6-18(12-24)10-23(30)9-16-2-3-20-13-21(25(26)27)5-4-19(20)7-16/h2-7,11-15H,8-10H2,1H3,(H3,26,27)(H,28,29)/p+1. The Morgan fingerprint density at radius 1 is 1.00 bits per heavy atom. The third-order valence-electron chi connectivity index (χ3n) is 5.25. The van der Waals surface area contributed by atoms with Crippen LogP contribution in [0.5, 0.6) is 5.75 Å². The number of fused-ring (bicyclic) bond motifs is 1. The number of H-pyrrole nitrogens is 1. The number of Topliss-reactive ketones (excluding diaryl/α,β-unsaturated/α-hetero) is 1. The Morgan fingerprint density at radius 2 is 1.74 bits per heavy atom. The van der Waals surface area contributed by atoms with Gasteiger partial charge in [-0.3, -0.25) is 15.9 Å². The monoisotopic (exact) mass is 413 g/mol. The Bertz CT molecular complexity index is 1250. The molecule has 6 nitrogen and oxygen atoms in total. The fraction of sp³-hybridized carbons (Fsp3) is 0.160. The first-order valence-electron chi connectivity index (χ1n) is 10.1. The lowest BCUT2D eigenvalue weighted by Crippen LogP contribution is -2.46. The summed E-state index contributed by atoms with van der Waals surface area (Å²) in [5.74, 6) is 1.19. The van der Waals surface area contributed by atoms with E-state index in [0.717, 1.165) is 44.5 Å². The molecule has 0 atom stereocenters. The Kier molecular flexibility index (Phi) is 5.80. The van der Waals surface area contributed by atoms with E-state index < -0.39 is 0 Å². The van der Waals surface area contributed by atoms with Crippen LogP contribution in [-0.4, -0.2) is 28.7 Å². The number of methoxy groups -OCH3 is 1. The third kappa shape index (κ3) is 4.98. The summed E-state index contributed by atoms with van der Waals surface area (Å²) in [6.07, 6.45) is 4.88. The van der Waals surface area contributed by atoms with E-state index in [2.05, 4.69) is 16.0 Å². The fourth-order valence-corrected chi connectivity index (χ4v) is 3.75. The Balaban J connectivity index is 1.49. The highest BCUT2D eigenvalue weighted by Gasteiger charge is 2.10. The topological polar surface area (TPSA) is 107 Å². The number of rotatable bonds is 8. The molecule has 156 valence electrons. The summed E-state index contributed by atoms with van der Waals surface area (Å²) in [7, 11) is 1.64. The van der Waals surface area contributed by atoms with Crippen LogP contribution in [0.4, 0.5) is 0 Å². The highest BCUT2D eigenvalue weighted by molar-refractivity contribution is 5.97. The average Bonchev–Trinajstić information content (AvgIpc) is 3.25. The number of imidazole rings is 1. The van der Waals surface area contributed by atoms with E-state index in [-0.39, 0.29) is 5.78 Å². The van der Waals surface area contributed by atoms with Crippen molar-refractivity contribution < 1.29 is 14.9 Å². The lowest BCUT2D eigenvalue weighted by Gasteiger charge is -2.09. The van der Waals surface area contributed by atoms with Crippen molar-refractivity contribution in [1.82, 2.24) is 9.97 Å². The molecule has 0 fully saturated rings. The summed E-state index contributed by atoms with van der Waals surface area (Å²) in [6.45, 7) is 0. The number of hydrogen-bond donors (Lipinski definition) is 3. The van der Waals surface area contributed by atoms with Crippen molar-refractivity contribution in [2.24, 2.45) is 5.73 Å². The maximum Gasteiger partial charge on any atom is 0.270 e. The number of carbonyl (C=O) groups is 1. The molecule has 0 aliphatic carbocycles. The van der Waals surface area contributed by atoms with Gasteiger partial charge in [-0.1, -0.05) is 30.3 Å². The molecule has 0 unspecified atom stereocenters. The first-order valence-corrected chi connectivity index (χ1v) is 10.1. The van der Waals surface area contributed by atoms with Crippen molar-refractivity contribution in [3.63, 3.8) is 0 Å². The number of hydrogen-bond acceptors (Lipinski definition) is 3. The molecule has 0 spiro atoms. The molecule has 4 aromatic rings. The first kappa shape index (κ1) is 20.3. The van der Waals surface area contributed by atoms with Crippen LogP contribution in [0.3, 0.4) is 0 Å². The number of ether oxygens (including phenoxy) is 1. The highest BCUT2D eigenvalue weighted by Crippen LogP contribution is 2.21. The SMILES string of the molecule is COc1cc(CC(=O)Cc2ccc3cc(C(N)=[NH2+])ccc3c2)cc(Cc2cnc[nH]2)c1. The molecule has 0 aliphatic heterocycles. The molecule has 5 N–H and O–H groups in total. The molecular weight excluding hydrogens is 388 g/mol. The summed E-state index contributed by atoms with van der Waals surface area (Å²) in [6, 6.07) is 17.8. The van der Waals surface area contributed by atoms with Gasteiger partial charge in [0.1, 0.15) is 11.5 Å². The molecule has 0 bridgehead atoms. The van der Waals surface area contributed by atoms with Gasteiger partial charge >= 0.3 is 0 Å². The van der Waals surface area contributed by atoms with Crippen molar-refractivity contribution in [2.45, 2.75) is 19.3 Å². The van der Waals surface area contributed by atoms with Crippen LogP contribution in [0, 0.1) is 0 Å². The van der Waals surface area contributed by atoms with Crippen LogP contribution in [0.1, 0.15) is 27.9 Å². The molecule has 0 saturated heterocycles. The zero-order valence-electron chi connectivity index (χ0n) is 17.4. The van der Waals surface area contributed by atoms with Gasteiger partial charge < -0.3 is 9.72 Å². The summed E-state index contributed by atoms with van der Waals surface area (Å²) < 4.78 is 5.43. The number of nitrogens with zero attached hydrogens (tertiary/aromatic N) is 1. The molecule has 0 amide bonds. The normalized spacial score (nSPS) is 10.9. The number of benzene rings is 3. The van der Waals surface area contributed by atoms with Crippen LogP contribution in [0.25, 0.3) is 10.8 Å². The second kappa shape index (κ2) is 8.83.